The van der Waals surface area contributed by atoms with Gasteiger partial charge in [-0.05, 0) is 35.9 Å². The average molecular weight is 577 g/mol. The summed E-state index contributed by atoms with van der Waals surface area (Å²) in [7, 11) is 0. The summed E-state index contributed by atoms with van der Waals surface area (Å²) < 4.78 is 18.4. The first-order valence-electron chi connectivity index (χ1n) is 12.9. The molecule has 3 aliphatic heterocycles. The van der Waals surface area contributed by atoms with Gasteiger partial charge in [0.15, 0.2) is 23.0 Å². The number of aliphatic hydroxyl groups excluding tert-OH is 1. The molecule has 0 amide bonds. The number of ether oxygens (including phenoxy) is 3. The molecule has 216 valence electrons. The Bertz CT molecular complexity index is 1790. The third kappa shape index (κ3) is 3.62. The molecule has 0 aromatic heterocycles. The fourth-order valence-corrected chi connectivity index (χ4v) is 6.01. The van der Waals surface area contributed by atoms with Crippen molar-refractivity contribution >= 4 is 0 Å². The van der Waals surface area contributed by atoms with Crippen LogP contribution in [-0.2, 0) is 16.9 Å². The minimum absolute atomic E-state index is 0.00380. The van der Waals surface area contributed by atoms with Gasteiger partial charge in [0, 0.05) is 46.9 Å². The number of epoxide rings is 1. The SMILES string of the molecule is Oc1cc(O)c2c(c1)OC1(c3ccc(O)c(O)c3)OC1C2c1c(O)cc(O)c2c1OC(c1ccc(O)c(O)c1)C(O)C2. The minimum atomic E-state index is -1.57. The van der Waals surface area contributed by atoms with Crippen LogP contribution in [0.1, 0.15) is 39.8 Å². The summed E-state index contributed by atoms with van der Waals surface area (Å²) in [4.78, 5) is 0. The molecule has 0 saturated carbocycles. The van der Waals surface area contributed by atoms with E-state index in [2.05, 4.69) is 0 Å². The van der Waals surface area contributed by atoms with Crippen molar-refractivity contribution in [1.29, 1.82) is 0 Å². The molecule has 12 heteroatoms. The molecule has 0 aliphatic carbocycles. The number of aliphatic hydroxyl groups is 1. The highest BCUT2D eigenvalue weighted by Gasteiger charge is 2.69. The molecule has 12 nitrogen and oxygen atoms in total. The molecule has 9 N–H and O–H groups in total. The van der Waals surface area contributed by atoms with Gasteiger partial charge in [-0.3, -0.25) is 0 Å². The third-order valence-electron chi connectivity index (χ3n) is 8.00. The second-order valence-corrected chi connectivity index (χ2v) is 10.6. The van der Waals surface area contributed by atoms with Gasteiger partial charge in [0.05, 0.1) is 12.0 Å². The van der Waals surface area contributed by atoms with E-state index in [1.54, 1.807) is 0 Å². The molecular weight excluding hydrogens is 552 g/mol. The van der Waals surface area contributed by atoms with Gasteiger partial charge in [0.1, 0.15) is 46.7 Å². The maximum Gasteiger partial charge on any atom is 0.265 e. The summed E-state index contributed by atoms with van der Waals surface area (Å²) in [6.45, 7) is 0. The number of rotatable bonds is 3. The molecule has 7 rings (SSSR count). The molecule has 4 aromatic carbocycles. The van der Waals surface area contributed by atoms with Crippen LogP contribution in [0.3, 0.4) is 0 Å². The quantitative estimate of drug-likeness (QED) is 0.127. The van der Waals surface area contributed by atoms with Gasteiger partial charge in [0.2, 0.25) is 0 Å². The molecule has 4 aromatic rings. The van der Waals surface area contributed by atoms with Crippen molar-refractivity contribution in [2.24, 2.45) is 0 Å². The Balaban J connectivity index is 1.42. The molecule has 5 unspecified atom stereocenters. The van der Waals surface area contributed by atoms with Crippen molar-refractivity contribution in [3.63, 3.8) is 0 Å². The topological polar surface area (TPSA) is 213 Å². The van der Waals surface area contributed by atoms with Crippen LogP contribution in [0.5, 0.6) is 57.5 Å². The lowest BCUT2D eigenvalue weighted by Gasteiger charge is -2.36. The highest BCUT2D eigenvalue weighted by atomic mass is 16.8. The van der Waals surface area contributed by atoms with Crippen LogP contribution in [0, 0.1) is 0 Å². The minimum Gasteiger partial charge on any atom is -0.508 e. The van der Waals surface area contributed by atoms with Crippen LogP contribution in [0.4, 0.5) is 0 Å². The number of aromatic hydroxyl groups is 8. The van der Waals surface area contributed by atoms with Crippen LogP contribution < -0.4 is 9.47 Å². The van der Waals surface area contributed by atoms with E-state index in [1.165, 1.54) is 42.5 Å². The molecule has 1 fully saturated rings. The first-order chi connectivity index (χ1) is 20.0. The van der Waals surface area contributed by atoms with Gasteiger partial charge >= 0.3 is 0 Å². The van der Waals surface area contributed by atoms with Crippen molar-refractivity contribution in [3.05, 3.63) is 82.4 Å². The van der Waals surface area contributed by atoms with E-state index in [1.807, 2.05) is 0 Å². The van der Waals surface area contributed by atoms with Gasteiger partial charge in [0.25, 0.3) is 5.79 Å². The summed E-state index contributed by atoms with van der Waals surface area (Å²) in [5, 5.41) is 94.0. The Labute approximate surface area is 236 Å². The normalized spacial score (nSPS) is 25.4. The molecule has 1 saturated heterocycles. The number of benzene rings is 4. The maximum absolute atomic E-state index is 11.3. The molecule has 42 heavy (non-hydrogen) atoms. The number of phenols is 8. The van der Waals surface area contributed by atoms with E-state index in [0.29, 0.717) is 11.1 Å². The smallest absolute Gasteiger partial charge is 0.265 e. The number of hydrogen-bond donors (Lipinski definition) is 9. The molecular formula is C30H24O12. The standard InChI is InChI=1S/C30H24O12/c31-13-7-20(37)24-23(8-13)41-30(12-2-4-16(33)19(36)6-12)29(42-30)26(24)25-21(38)10-17(34)14-9-22(39)27(40-28(14)25)11-1-3-15(32)18(35)5-11/h1-8,10,22,26-27,29,31-39H,9H2. The second-order valence-electron chi connectivity index (χ2n) is 10.6. The predicted molar refractivity (Wildman–Crippen MR) is 141 cm³/mol. The van der Waals surface area contributed by atoms with E-state index in [9.17, 15) is 46.0 Å². The monoisotopic (exact) mass is 576 g/mol. The van der Waals surface area contributed by atoms with Gasteiger partial charge < -0.3 is 60.2 Å². The Morgan fingerprint density at radius 3 is 2.07 bits per heavy atom. The Kier molecular flexibility index (Phi) is 5.30. The van der Waals surface area contributed by atoms with E-state index >= 15 is 0 Å². The van der Waals surface area contributed by atoms with Crippen LogP contribution in [-0.4, -0.2) is 58.2 Å². The Morgan fingerprint density at radius 2 is 1.36 bits per heavy atom. The fraction of sp³-hybridized carbons (Fsp3) is 0.200. The zero-order valence-corrected chi connectivity index (χ0v) is 21.5. The average Bonchev–Trinajstić information content (AvgIpc) is 3.66. The summed E-state index contributed by atoms with van der Waals surface area (Å²) in [6.07, 6.45) is -3.37. The molecule has 0 radical (unpaired) electrons. The van der Waals surface area contributed by atoms with Gasteiger partial charge in [-0.2, -0.15) is 0 Å². The highest BCUT2D eigenvalue weighted by Crippen LogP contribution is 2.65. The summed E-state index contributed by atoms with van der Waals surface area (Å²) in [6, 6.07) is 11.3. The molecule has 0 bridgehead atoms. The molecule has 5 atom stereocenters. The zero-order chi connectivity index (χ0) is 29.7. The third-order valence-corrected chi connectivity index (χ3v) is 8.00. The lowest BCUT2D eigenvalue weighted by molar-refractivity contribution is 0.0185. The maximum atomic E-state index is 11.3. The first kappa shape index (κ1) is 25.7. The lowest BCUT2D eigenvalue weighted by Crippen LogP contribution is -2.33. The first-order valence-corrected chi connectivity index (χ1v) is 12.9. The van der Waals surface area contributed by atoms with Crippen molar-refractivity contribution in [2.75, 3.05) is 0 Å². The summed E-state index contributed by atoms with van der Waals surface area (Å²) in [5.74, 6) is -5.76. The van der Waals surface area contributed by atoms with Crippen molar-refractivity contribution in [3.8, 4) is 57.5 Å². The highest BCUT2D eigenvalue weighted by molar-refractivity contribution is 5.67. The predicted octanol–water partition coefficient (Wildman–Crippen LogP) is 3.14. The molecule has 3 aliphatic rings. The number of fused-ring (bicyclic) bond motifs is 3. The van der Waals surface area contributed by atoms with E-state index in [0.717, 1.165) is 12.1 Å². The van der Waals surface area contributed by atoms with Crippen LogP contribution in [0.25, 0.3) is 0 Å². The van der Waals surface area contributed by atoms with Gasteiger partial charge in [-0.15, -0.1) is 0 Å². The lowest BCUT2D eigenvalue weighted by atomic mass is 9.79. The van der Waals surface area contributed by atoms with Gasteiger partial charge in [-0.1, -0.05) is 6.07 Å². The fourth-order valence-electron chi connectivity index (χ4n) is 6.01. The zero-order valence-electron chi connectivity index (χ0n) is 21.5. The molecule has 0 spiro atoms. The van der Waals surface area contributed by atoms with Crippen molar-refractivity contribution in [1.82, 2.24) is 0 Å². The van der Waals surface area contributed by atoms with Gasteiger partial charge in [-0.25, -0.2) is 0 Å². The van der Waals surface area contributed by atoms with E-state index in [-0.39, 0.29) is 63.4 Å². The van der Waals surface area contributed by atoms with Crippen LogP contribution >= 0.6 is 0 Å². The van der Waals surface area contributed by atoms with E-state index in [4.69, 9.17) is 14.2 Å². The second kappa shape index (κ2) is 8.65. The Hall–Kier alpha value is -5.20. The van der Waals surface area contributed by atoms with Crippen molar-refractivity contribution in [2.45, 2.75) is 36.4 Å². The van der Waals surface area contributed by atoms with Crippen molar-refractivity contribution < 1.29 is 60.2 Å². The van der Waals surface area contributed by atoms with Crippen LogP contribution in [0.15, 0.2) is 54.6 Å². The number of phenolic OH excluding ortho intramolecular Hbond substituents is 8. The largest absolute Gasteiger partial charge is 0.508 e. The molecule has 3 heterocycles. The number of hydrogen-bond acceptors (Lipinski definition) is 12. The summed E-state index contributed by atoms with van der Waals surface area (Å²) in [5.41, 5.74) is 0.958. The van der Waals surface area contributed by atoms with E-state index < -0.39 is 47.3 Å². The Morgan fingerprint density at radius 1 is 0.667 bits per heavy atom. The van der Waals surface area contributed by atoms with Crippen LogP contribution in [0.2, 0.25) is 0 Å². The summed E-state index contributed by atoms with van der Waals surface area (Å²) >= 11 is 0.